The van der Waals surface area contributed by atoms with Gasteiger partial charge in [0, 0.05) is 5.69 Å². The Labute approximate surface area is 137 Å². The quantitative estimate of drug-likeness (QED) is 0.661. The molecule has 1 aromatic carbocycles. The van der Waals surface area contributed by atoms with Crippen molar-refractivity contribution in [2.75, 3.05) is 0 Å². The highest BCUT2D eigenvalue weighted by Gasteiger charge is 2.11. The summed E-state index contributed by atoms with van der Waals surface area (Å²) in [5.41, 5.74) is 7.90. The van der Waals surface area contributed by atoms with E-state index >= 15 is 0 Å². The minimum absolute atomic E-state index is 0.0339. The molecule has 0 aliphatic heterocycles. The van der Waals surface area contributed by atoms with Crippen molar-refractivity contribution >= 4 is 22.8 Å². The first-order valence-electron chi connectivity index (χ1n) is 7.40. The Hall–Kier alpha value is -3.23. The minimum atomic E-state index is -0.396. The Morgan fingerprint density at radius 1 is 1.04 bits per heavy atom. The lowest BCUT2D eigenvalue weighted by Gasteiger charge is -2.08. The number of hydrazine groups is 1. The van der Waals surface area contributed by atoms with Crippen LogP contribution in [-0.4, -0.2) is 36.6 Å². The van der Waals surface area contributed by atoms with Gasteiger partial charge in [-0.05, 0) is 32.0 Å². The summed E-state index contributed by atoms with van der Waals surface area (Å²) in [6.45, 7) is 3.71. The molecule has 0 unspecified atom stereocenters. The SMILES string of the molecule is Cc1cc(C)n(CC(=O)NNC(=O)Cn2nnc3ccccc32)n1. The second kappa shape index (κ2) is 6.49. The van der Waals surface area contributed by atoms with Crippen molar-refractivity contribution in [2.24, 2.45) is 0 Å². The molecule has 3 aromatic rings. The number of aryl methyl sites for hydroxylation is 2. The van der Waals surface area contributed by atoms with E-state index < -0.39 is 5.91 Å². The van der Waals surface area contributed by atoms with Gasteiger partial charge in [-0.25, -0.2) is 4.68 Å². The molecule has 0 atom stereocenters. The number of nitrogens with zero attached hydrogens (tertiary/aromatic N) is 5. The van der Waals surface area contributed by atoms with E-state index in [9.17, 15) is 9.59 Å². The van der Waals surface area contributed by atoms with Crippen LogP contribution in [0, 0.1) is 13.8 Å². The maximum Gasteiger partial charge on any atom is 0.260 e. The van der Waals surface area contributed by atoms with Crippen LogP contribution >= 0.6 is 0 Å². The van der Waals surface area contributed by atoms with Crippen LogP contribution in [-0.2, 0) is 22.7 Å². The molecular formula is C15H17N7O2. The average Bonchev–Trinajstić information content (AvgIpc) is 3.09. The lowest BCUT2D eigenvalue weighted by Crippen LogP contribution is -2.44. The van der Waals surface area contributed by atoms with Gasteiger partial charge in [0.2, 0.25) is 0 Å². The first-order chi connectivity index (χ1) is 11.5. The van der Waals surface area contributed by atoms with Gasteiger partial charge in [0.05, 0.1) is 11.2 Å². The van der Waals surface area contributed by atoms with E-state index in [1.54, 1.807) is 4.68 Å². The Morgan fingerprint density at radius 2 is 1.71 bits per heavy atom. The number of carbonyl (C=O) groups excluding carboxylic acids is 2. The number of amides is 2. The fourth-order valence-electron chi connectivity index (χ4n) is 2.36. The Kier molecular flexibility index (Phi) is 4.23. The predicted molar refractivity (Wildman–Crippen MR) is 85.5 cm³/mol. The summed E-state index contributed by atoms with van der Waals surface area (Å²) in [5.74, 6) is -0.759. The number of nitrogens with one attached hydrogen (secondary N) is 2. The number of carbonyl (C=O) groups is 2. The van der Waals surface area contributed by atoms with Crippen LogP contribution in [0.3, 0.4) is 0 Å². The number of hydrogen-bond acceptors (Lipinski definition) is 5. The third-order valence-electron chi connectivity index (χ3n) is 3.45. The molecule has 0 saturated heterocycles. The zero-order valence-corrected chi connectivity index (χ0v) is 13.4. The molecule has 2 heterocycles. The van der Waals surface area contributed by atoms with Gasteiger partial charge in [0.1, 0.15) is 18.6 Å². The van der Waals surface area contributed by atoms with Crippen LogP contribution < -0.4 is 10.9 Å². The van der Waals surface area contributed by atoms with Gasteiger partial charge in [0.25, 0.3) is 11.8 Å². The van der Waals surface area contributed by atoms with E-state index in [0.29, 0.717) is 5.52 Å². The summed E-state index contributed by atoms with van der Waals surface area (Å²) in [6, 6.07) is 9.20. The second-order valence-electron chi connectivity index (χ2n) is 5.42. The highest BCUT2D eigenvalue weighted by Crippen LogP contribution is 2.09. The van der Waals surface area contributed by atoms with E-state index in [0.717, 1.165) is 16.9 Å². The summed E-state index contributed by atoms with van der Waals surface area (Å²) in [6.07, 6.45) is 0. The van der Waals surface area contributed by atoms with Gasteiger partial charge in [-0.1, -0.05) is 17.3 Å². The molecule has 0 bridgehead atoms. The van der Waals surface area contributed by atoms with Gasteiger partial charge < -0.3 is 0 Å². The molecule has 2 N–H and O–H groups in total. The molecule has 0 saturated carbocycles. The third kappa shape index (κ3) is 3.40. The standard InChI is InChI=1S/C15H17N7O2/c1-10-7-11(2)21(19-10)8-14(23)17-18-15(24)9-22-13-6-4-3-5-12(13)16-20-22/h3-7H,8-9H2,1-2H3,(H,17,23)(H,18,24). The molecule has 0 radical (unpaired) electrons. The van der Waals surface area contributed by atoms with Gasteiger partial charge in [-0.15, -0.1) is 5.10 Å². The van der Waals surface area contributed by atoms with Crippen LogP contribution in [0.4, 0.5) is 0 Å². The van der Waals surface area contributed by atoms with Crippen LogP contribution in [0.2, 0.25) is 0 Å². The Balaban J connectivity index is 1.54. The van der Waals surface area contributed by atoms with Crippen molar-refractivity contribution < 1.29 is 9.59 Å². The van der Waals surface area contributed by atoms with Gasteiger partial charge in [0.15, 0.2) is 0 Å². The number of rotatable bonds is 4. The molecule has 24 heavy (non-hydrogen) atoms. The Morgan fingerprint density at radius 3 is 2.38 bits per heavy atom. The molecular weight excluding hydrogens is 310 g/mol. The summed E-state index contributed by atoms with van der Waals surface area (Å²) < 4.78 is 3.04. The zero-order chi connectivity index (χ0) is 17.1. The molecule has 0 fully saturated rings. The van der Waals surface area contributed by atoms with Crippen molar-refractivity contribution in [3.8, 4) is 0 Å². The lowest BCUT2D eigenvalue weighted by molar-refractivity contribution is -0.129. The molecule has 9 heteroatoms. The van der Waals surface area contributed by atoms with Gasteiger partial charge in [-0.2, -0.15) is 5.10 Å². The van der Waals surface area contributed by atoms with Gasteiger partial charge in [-0.3, -0.25) is 25.1 Å². The van der Waals surface area contributed by atoms with Crippen molar-refractivity contribution in [3.05, 3.63) is 41.7 Å². The maximum absolute atomic E-state index is 11.9. The third-order valence-corrected chi connectivity index (χ3v) is 3.45. The molecule has 2 aromatic heterocycles. The largest absolute Gasteiger partial charge is 0.271 e. The van der Waals surface area contributed by atoms with E-state index in [2.05, 4.69) is 26.3 Å². The molecule has 0 aliphatic carbocycles. The number of fused-ring (bicyclic) bond motifs is 1. The lowest BCUT2D eigenvalue weighted by atomic mass is 10.3. The average molecular weight is 327 g/mol. The first-order valence-corrected chi connectivity index (χ1v) is 7.40. The maximum atomic E-state index is 11.9. The van der Waals surface area contributed by atoms with Crippen molar-refractivity contribution in [1.29, 1.82) is 0 Å². The fraction of sp³-hybridized carbons (Fsp3) is 0.267. The second-order valence-corrected chi connectivity index (χ2v) is 5.42. The highest BCUT2D eigenvalue weighted by molar-refractivity contribution is 5.83. The van der Waals surface area contributed by atoms with Crippen molar-refractivity contribution in [2.45, 2.75) is 26.9 Å². The van der Waals surface area contributed by atoms with E-state index in [1.165, 1.54) is 4.68 Å². The van der Waals surface area contributed by atoms with Gasteiger partial charge >= 0.3 is 0 Å². The monoisotopic (exact) mass is 327 g/mol. The minimum Gasteiger partial charge on any atom is -0.271 e. The van der Waals surface area contributed by atoms with E-state index in [4.69, 9.17) is 0 Å². The Bertz CT molecular complexity index is 896. The normalized spacial score (nSPS) is 10.8. The molecule has 0 spiro atoms. The number of hydrogen-bond donors (Lipinski definition) is 2. The van der Waals surface area contributed by atoms with Crippen molar-refractivity contribution in [3.63, 3.8) is 0 Å². The molecule has 2 amide bonds. The molecule has 9 nitrogen and oxygen atoms in total. The van der Waals surface area contributed by atoms with E-state index in [1.807, 2.05) is 44.2 Å². The smallest absolute Gasteiger partial charge is 0.260 e. The number of benzene rings is 1. The summed E-state index contributed by atoms with van der Waals surface area (Å²) in [5, 5.41) is 12.1. The fourth-order valence-corrected chi connectivity index (χ4v) is 2.36. The molecule has 124 valence electrons. The van der Waals surface area contributed by atoms with Crippen LogP contribution in [0.5, 0.6) is 0 Å². The number of para-hydroxylation sites is 1. The predicted octanol–water partition coefficient (Wildman–Crippen LogP) is 0.0922. The summed E-state index contributed by atoms with van der Waals surface area (Å²) >= 11 is 0. The summed E-state index contributed by atoms with van der Waals surface area (Å²) in [4.78, 5) is 23.8. The van der Waals surface area contributed by atoms with Crippen LogP contribution in [0.25, 0.3) is 11.0 Å². The first kappa shape index (κ1) is 15.7. The van der Waals surface area contributed by atoms with Crippen molar-refractivity contribution in [1.82, 2.24) is 35.6 Å². The van der Waals surface area contributed by atoms with Crippen LogP contribution in [0.15, 0.2) is 30.3 Å². The van der Waals surface area contributed by atoms with E-state index in [-0.39, 0.29) is 19.0 Å². The summed E-state index contributed by atoms with van der Waals surface area (Å²) in [7, 11) is 0. The number of aromatic nitrogens is 5. The molecule has 3 rings (SSSR count). The topological polar surface area (TPSA) is 107 Å². The highest BCUT2D eigenvalue weighted by atomic mass is 16.2. The zero-order valence-electron chi connectivity index (χ0n) is 13.4. The molecule has 0 aliphatic rings. The van der Waals surface area contributed by atoms with Crippen LogP contribution in [0.1, 0.15) is 11.4 Å².